The zero-order chi connectivity index (χ0) is 112. The predicted octanol–water partition coefficient (Wildman–Crippen LogP) is 29.5. The number of pyridine rings is 7. The summed E-state index contributed by atoms with van der Waals surface area (Å²) >= 11 is 0. The minimum Gasteiger partial charge on any atom is -0.201 e. The first-order chi connectivity index (χ1) is 74.0. The zero-order valence-electron chi connectivity index (χ0n) is 99.8. The van der Waals surface area contributed by atoms with Crippen molar-refractivity contribution in [2.45, 2.75) is 149 Å². The molecular formula is C136H144N7+7. The Morgan fingerprint density at radius 2 is 0.420 bits per heavy atom. The number of aryl methyl sites for hydroxylation is 27. The van der Waals surface area contributed by atoms with Crippen molar-refractivity contribution < 1.29 is 49.8 Å². The number of aromatic nitrogens is 7. The highest BCUT2D eigenvalue weighted by molar-refractivity contribution is 5.77. The van der Waals surface area contributed by atoms with Crippen molar-refractivity contribution in [1.29, 1.82) is 0 Å². The van der Waals surface area contributed by atoms with Crippen LogP contribution in [0.4, 0.5) is 0 Å². The van der Waals surface area contributed by atoms with Gasteiger partial charge in [0.1, 0.15) is 49.3 Å². The highest BCUT2D eigenvalue weighted by Gasteiger charge is 2.27. The predicted molar refractivity (Wildman–Crippen MR) is 598 cm³/mol. The van der Waals surface area contributed by atoms with Gasteiger partial charge in [0.05, 0.1) is 0 Å². The summed E-state index contributed by atoms with van der Waals surface area (Å²) in [7, 11) is 14.2. The van der Waals surface area contributed by atoms with Gasteiger partial charge in [0.15, 0.2) is 43.4 Å². The molecule has 7 nitrogen and oxygen atoms in total. The maximum Gasteiger partial charge on any atom is 0.213 e. The van der Waals surface area contributed by atoms with Crippen LogP contribution in [0, 0.1) is 111 Å². The molecule has 21 rings (SSSR count). The fourth-order valence-corrected chi connectivity index (χ4v) is 19.6. The minimum absolute atomic E-state index is 0.199. The lowest BCUT2D eigenvalue weighted by atomic mass is 9.97. The number of nitrogens with zero attached hydrogens (tertiary/aromatic N) is 7. The Hall–Kier alpha value is -15.3. The normalized spacial score (nSPS) is 13.7. The average molecular weight is 1890 g/mol. The molecule has 2 aliphatic carbocycles. The molecule has 0 bridgehead atoms. The van der Waals surface area contributed by atoms with Crippen molar-refractivity contribution in [2.24, 2.45) is 49.3 Å². The van der Waals surface area contributed by atoms with Crippen LogP contribution in [0.3, 0.4) is 0 Å². The van der Waals surface area contributed by atoms with Crippen LogP contribution >= 0.6 is 0 Å². The van der Waals surface area contributed by atoms with Gasteiger partial charge >= 0.3 is 0 Å². The lowest BCUT2D eigenvalue weighted by Crippen LogP contribution is -2.31. The third-order valence-electron chi connectivity index (χ3n) is 27.4. The molecule has 7 aromatic heterocycles. The van der Waals surface area contributed by atoms with E-state index in [9.17, 15) is 0 Å². The Kier molecular flexibility index (Phi) is 28.1. The lowest BCUT2D eigenvalue weighted by molar-refractivity contribution is -0.661. The second-order valence-corrected chi connectivity index (χ2v) is 38.3. The minimum atomic E-state index is -2.17. The van der Waals surface area contributed by atoms with Crippen molar-refractivity contribution >= 4 is 0 Å². The Balaban J connectivity index is 0.000000135. The van der Waals surface area contributed by atoms with Gasteiger partial charge in [-0.15, -0.1) is 0 Å². The Morgan fingerprint density at radius 3 is 0.741 bits per heavy atom. The van der Waals surface area contributed by atoms with E-state index in [1.165, 1.54) is 170 Å². The Bertz CT molecular complexity index is 8210. The number of fused-ring (bicyclic) bond motifs is 2. The summed E-state index contributed by atoms with van der Waals surface area (Å²) in [4.78, 5) is 0. The Morgan fingerprint density at radius 1 is 0.175 bits per heavy atom. The molecule has 7 heterocycles. The molecule has 0 radical (unpaired) electrons. The summed E-state index contributed by atoms with van der Waals surface area (Å²) in [5, 5.41) is 0. The summed E-state index contributed by atoms with van der Waals surface area (Å²) < 4.78 is 116. The van der Waals surface area contributed by atoms with Crippen LogP contribution in [0.15, 0.2) is 383 Å². The molecule has 12 aromatic carbocycles. The first kappa shape index (κ1) is 85.6. The Labute approximate surface area is 871 Å². The maximum atomic E-state index is 8.17. The van der Waals surface area contributed by atoms with Gasteiger partial charge in [-0.3, -0.25) is 0 Å². The van der Waals surface area contributed by atoms with Gasteiger partial charge in [0.25, 0.3) is 0 Å². The fraction of sp³-hybridized carbons (Fsp3) is 0.213. The SMILES string of the molecule is Cc1cc(-c2ccccc2C)[n+](C)cc1-c1ccccc1.Cc1cc(-c2ccccc2C)[n+](C)cc1-c1ccccc1.Cc1ccc(-c2cc(C)c(-c3ccccc3)c[n+]2C)c(C)c1.Cc1ccc(-c2cc3c(c[n+]2C)CCC3)c(C)c1.[2H]C([2H])([2H])c1c[n+](C)c(-c2ccccc2C)cc1-c1ccccc1.[2H]C([2H])([2H])c1ccc(-c2cc(C)c(-c3ccccc3)c[n+]2C)c(C)c1.[2H]C([2H])([2H])c1ccc(-c2cc3c(c[n+]2C)C([2H])([2H])CC3([2H])[2H])c(C)c1. The lowest BCUT2D eigenvalue weighted by Gasteiger charge is -2.10. The molecule has 19 aromatic rings. The molecule has 0 amide bonds. The van der Waals surface area contributed by atoms with Crippen LogP contribution in [0.1, 0.15) is 142 Å². The number of hydrogen-bond donors (Lipinski definition) is 0. The zero-order valence-corrected chi connectivity index (χ0v) is 86.8. The molecule has 0 N–H and O–H groups in total. The summed E-state index contributed by atoms with van der Waals surface area (Å²) in [6.45, 7) is 21.1. The van der Waals surface area contributed by atoms with Gasteiger partial charge in [-0.2, -0.15) is 0 Å². The van der Waals surface area contributed by atoms with Crippen LogP contribution in [0.25, 0.3) is 134 Å². The standard InChI is InChI=1S/2C21H22N.3C20H20N.2C17H20N/c2*1-15-10-11-19(16(2)12-15)21-13-17(3)20(14-22(21)4)18-8-6-5-7-9-18;1-15-9-7-8-12-18(15)20-13-19(16(2)14-21(20)3)17-10-5-4-6-11-17;2*1-15-9-7-8-12-18(15)20-13-16(2)19(14-21(20)3)17-10-5-4-6-11-17;2*1-12-7-8-16(13(2)9-12)17-10-14-5-4-6-15(14)11-18(17)3/h2*5-14H,1-4H3;3*4-14H,1-3H3;2*7-11H,4-6H2,1-3H3/q7*+1/i1D3;;2D3;;;1D3,5D2,6D2;. The van der Waals surface area contributed by atoms with Crippen LogP contribution in [0.5, 0.6) is 0 Å². The van der Waals surface area contributed by atoms with Crippen LogP contribution < -0.4 is 32.0 Å². The van der Waals surface area contributed by atoms with Crippen molar-refractivity contribution in [3.63, 3.8) is 0 Å². The summed E-state index contributed by atoms with van der Waals surface area (Å²) in [5.41, 5.74) is 48.6. The number of rotatable bonds is 12. The van der Waals surface area contributed by atoms with Crippen molar-refractivity contribution in [3.8, 4) is 134 Å². The molecule has 0 aliphatic heterocycles. The second kappa shape index (κ2) is 46.8. The van der Waals surface area contributed by atoms with E-state index < -0.39 is 33.3 Å². The van der Waals surface area contributed by atoms with E-state index in [1.54, 1.807) is 66.0 Å². The van der Waals surface area contributed by atoms with Crippen LogP contribution in [0.2, 0.25) is 0 Å². The van der Waals surface area contributed by atoms with Crippen molar-refractivity contribution in [3.05, 3.63) is 494 Å². The van der Waals surface area contributed by atoms with Gasteiger partial charge in [0.2, 0.25) is 39.9 Å². The van der Waals surface area contributed by atoms with Gasteiger partial charge in [0, 0.05) is 138 Å². The average Bonchev–Trinajstić information content (AvgIpc) is 1.58. The van der Waals surface area contributed by atoms with Crippen LogP contribution in [-0.2, 0) is 74.9 Å². The van der Waals surface area contributed by atoms with E-state index in [0.717, 1.165) is 61.6 Å². The second-order valence-electron chi connectivity index (χ2n) is 38.3. The van der Waals surface area contributed by atoms with E-state index in [4.69, 9.17) is 17.8 Å². The van der Waals surface area contributed by atoms with Gasteiger partial charge in [-0.25, -0.2) is 32.0 Å². The number of benzene rings is 12. The molecular weight excluding hydrogens is 1730 g/mol. The third-order valence-corrected chi connectivity index (χ3v) is 27.4. The smallest absolute Gasteiger partial charge is 0.201 e. The van der Waals surface area contributed by atoms with E-state index in [-0.39, 0.29) is 12.0 Å². The van der Waals surface area contributed by atoms with E-state index in [0.29, 0.717) is 22.3 Å². The largest absolute Gasteiger partial charge is 0.213 e. The summed E-state index contributed by atoms with van der Waals surface area (Å²) in [6, 6.07) is 116. The first-order valence-electron chi connectivity index (χ1n) is 56.0. The van der Waals surface area contributed by atoms with E-state index in [1.807, 2.05) is 105 Å². The van der Waals surface area contributed by atoms with Gasteiger partial charge in [-0.1, -0.05) is 277 Å². The molecule has 7 heteroatoms. The number of hydrogen-bond acceptors (Lipinski definition) is 0. The van der Waals surface area contributed by atoms with E-state index >= 15 is 0 Å². The molecule has 0 unspecified atom stereocenters. The molecule has 143 heavy (non-hydrogen) atoms. The van der Waals surface area contributed by atoms with Crippen molar-refractivity contribution in [1.82, 2.24) is 0 Å². The van der Waals surface area contributed by atoms with Crippen molar-refractivity contribution in [2.75, 3.05) is 0 Å². The quantitative estimate of drug-likeness (QED) is 0.109. The van der Waals surface area contributed by atoms with Gasteiger partial charge in [-0.05, 0) is 297 Å². The summed E-state index contributed by atoms with van der Waals surface area (Å²) in [6.07, 6.45) is 14.7. The molecule has 0 saturated heterocycles. The van der Waals surface area contributed by atoms with Crippen LogP contribution in [-0.4, -0.2) is 0 Å². The van der Waals surface area contributed by atoms with Gasteiger partial charge < -0.3 is 0 Å². The molecule has 0 spiro atoms. The topological polar surface area (TPSA) is 27.2 Å². The first-order valence-corrected chi connectivity index (χ1v) is 49.5. The molecule has 716 valence electrons. The molecule has 0 saturated carbocycles. The third kappa shape index (κ3) is 24.8. The molecule has 2 aliphatic rings. The highest BCUT2D eigenvalue weighted by Crippen LogP contribution is 2.37. The monoisotopic (exact) mass is 1890 g/mol. The highest BCUT2D eigenvalue weighted by atomic mass is 15.0. The molecule has 0 fully saturated rings. The maximum absolute atomic E-state index is 8.17. The summed E-state index contributed by atoms with van der Waals surface area (Å²) in [5.74, 6) is 0. The molecule has 0 atom stereocenters. The fourth-order valence-electron chi connectivity index (χ4n) is 19.6. The van der Waals surface area contributed by atoms with E-state index in [2.05, 4.69) is 389 Å².